The second-order valence-electron chi connectivity index (χ2n) is 10.5. The number of carbonyl (C=O) groups is 1. The molecule has 0 bridgehead atoms. The molecule has 3 N–H and O–H groups in total. The van der Waals surface area contributed by atoms with Crippen LogP contribution in [0.15, 0.2) is 54.9 Å². The number of rotatable bonds is 5. The monoisotopic (exact) mass is 506 g/mol. The number of nitrogens with one attached hydrogen (secondary N) is 3. The molecule has 192 valence electrons. The van der Waals surface area contributed by atoms with Gasteiger partial charge in [-0.1, -0.05) is 12.5 Å². The van der Waals surface area contributed by atoms with Crippen LogP contribution in [0.5, 0.6) is 0 Å². The number of H-pyrrole nitrogens is 2. The fourth-order valence-corrected chi connectivity index (χ4v) is 5.40. The zero-order valence-electron chi connectivity index (χ0n) is 21.4. The maximum Gasteiger partial charge on any atom is 0.227 e. The molecule has 9 heteroatoms. The van der Waals surface area contributed by atoms with E-state index >= 15 is 0 Å². The van der Waals surface area contributed by atoms with Gasteiger partial charge in [0.05, 0.1) is 28.8 Å². The molecule has 7 rings (SSSR count). The number of anilines is 2. The van der Waals surface area contributed by atoms with Gasteiger partial charge >= 0.3 is 0 Å². The number of pyridine rings is 2. The van der Waals surface area contributed by atoms with Crippen molar-refractivity contribution in [3.8, 4) is 22.6 Å². The average Bonchev–Trinajstić information content (AvgIpc) is 3.52. The summed E-state index contributed by atoms with van der Waals surface area (Å²) in [5, 5.41) is 12.0. The molecule has 0 unspecified atom stereocenters. The average molecular weight is 507 g/mol. The molecule has 5 aromatic rings. The minimum Gasteiger partial charge on any atom is -0.368 e. The Bertz CT molecular complexity index is 1640. The van der Waals surface area contributed by atoms with Gasteiger partial charge in [0.15, 0.2) is 0 Å². The third kappa shape index (κ3) is 4.09. The molecule has 2 aliphatic rings. The highest BCUT2D eigenvalue weighted by molar-refractivity contribution is 5.99. The lowest BCUT2D eigenvalue weighted by atomic mass is 9.85. The highest BCUT2D eigenvalue weighted by atomic mass is 16.1. The van der Waals surface area contributed by atoms with E-state index in [1.54, 1.807) is 12.4 Å². The smallest absolute Gasteiger partial charge is 0.227 e. The highest BCUT2D eigenvalue weighted by Gasteiger charge is 2.25. The van der Waals surface area contributed by atoms with Crippen molar-refractivity contribution in [2.24, 2.45) is 5.92 Å². The Morgan fingerprint density at radius 3 is 2.71 bits per heavy atom. The maximum atomic E-state index is 12.4. The maximum absolute atomic E-state index is 12.4. The Kier molecular flexibility index (Phi) is 5.58. The number of carbonyl (C=O) groups excluding carboxylic acids is 1. The van der Waals surface area contributed by atoms with Crippen molar-refractivity contribution in [3.05, 3.63) is 54.9 Å². The van der Waals surface area contributed by atoms with Crippen molar-refractivity contribution in [2.45, 2.75) is 19.3 Å². The van der Waals surface area contributed by atoms with Crippen LogP contribution in [0.2, 0.25) is 0 Å². The molecule has 1 aromatic carbocycles. The van der Waals surface area contributed by atoms with Gasteiger partial charge in [0, 0.05) is 60.4 Å². The number of fused-ring (bicyclic) bond motifs is 2. The summed E-state index contributed by atoms with van der Waals surface area (Å²) < 4.78 is 0. The van der Waals surface area contributed by atoms with Gasteiger partial charge in [0.1, 0.15) is 11.2 Å². The van der Waals surface area contributed by atoms with Crippen molar-refractivity contribution in [2.75, 3.05) is 43.4 Å². The van der Waals surface area contributed by atoms with Crippen LogP contribution < -0.4 is 10.2 Å². The van der Waals surface area contributed by atoms with Crippen molar-refractivity contribution < 1.29 is 4.79 Å². The fourth-order valence-electron chi connectivity index (χ4n) is 5.40. The summed E-state index contributed by atoms with van der Waals surface area (Å²) in [6.07, 6.45) is 6.51. The summed E-state index contributed by atoms with van der Waals surface area (Å²) in [7, 11) is 2.17. The molecular formula is C29H30N8O. The molecule has 0 spiro atoms. The zero-order chi connectivity index (χ0) is 25.6. The molecule has 0 atom stereocenters. The van der Waals surface area contributed by atoms with E-state index in [-0.39, 0.29) is 11.8 Å². The predicted molar refractivity (Wildman–Crippen MR) is 150 cm³/mol. The molecule has 1 saturated heterocycles. The number of hydrogen-bond donors (Lipinski definition) is 3. The van der Waals surface area contributed by atoms with E-state index in [0.29, 0.717) is 5.69 Å². The van der Waals surface area contributed by atoms with Crippen LogP contribution in [0, 0.1) is 5.92 Å². The van der Waals surface area contributed by atoms with Crippen LogP contribution in [0.3, 0.4) is 0 Å². The van der Waals surface area contributed by atoms with Crippen molar-refractivity contribution >= 4 is 39.2 Å². The first kappa shape index (κ1) is 22.9. The number of piperazine rings is 1. The third-order valence-electron chi connectivity index (χ3n) is 7.93. The summed E-state index contributed by atoms with van der Waals surface area (Å²) >= 11 is 0. The van der Waals surface area contributed by atoms with Gasteiger partial charge in [-0.05, 0) is 56.3 Å². The summed E-state index contributed by atoms with van der Waals surface area (Å²) in [5.74, 6) is 0.195. The molecule has 0 radical (unpaired) electrons. The third-order valence-corrected chi connectivity index (χ3v) is 7.93. The Morgan fingerprint density at radius 2 is 1.89 bits per heavy atom. The molecule has 1 aliphatic carbocycles. The number of aromatic nitrogens is 5. The van der Waals surface area contributed by atoms with Gasteiger partial charge in [-0.25, -0.2) is 4.98 Å². The largest absolute Gasteiger partial charge is 0.368 e. The van der Waals surface area contributed by atoms with E-state index in [0.717, 1.165) is 84.6 Å². The number of nitrogens with zero attached hydrogens (tertiary/aromatic N) is 5. The van der Waals surface area contributed by atoms with Crippen molar-refractivity contribution in [3.63, 3.8) is 0 Å². The molecule has 1 aliphatic heterocycles. The summed E-state index contributed by atoms with van der Waals surface area (Å²) in [4.78, 5) is 30.2. The van der Waals surface area contributed by atoms with Gasteiger partial charge in [0.25, 0.3) is 0 Å². The number of hydrogen-bond acceptors (Lipinski definition) is 6. The molecule has 1 amide bonds. The van der Waals surface area contributed by atoms with Crippen molar-refractivity contribution in [1.29, 1.82) is 0 Å². The van der Waals surface area contributed by atoms with Gasteiger partial charge in [-0.3, -0.25) is 14.9 Å². The first-order valence-corrected chi connectivity index (χ1v) is 13.3. The second kappa shape index (κ2) is 9.25. The Hall–Kier alpha value is -4.24. The van der Waals surface area contributed by atoms with E-state index in [1.165, 1.54) is 11.1 Å². The zero-order valence-corrected chi connectivity index (χ0v) is 21.4. The van der Waals surface area contributed by atoms with Crippen LogP contribution in [-0.4, -0.2) is 69.2 Å². The predicted octanol–water partition coefficient (Wildman–Crippen LogP) is 4.66. The van der Waals surface area contributed by atoms with Gasteiger partial charge in [0.2, 0.25) is 5.91 Å². The van der Waals surface area contributed by atoms with Crippen LogP contribution in [-0.2, 0) is 4.79 Å². The van der Waals surface area contributed by atoms with E-state index in [4.69, 9.17) is 4.98 Å². The highest BCUT2D eigenvalue weighted by Crippen LogP contribution is 2.34. The minimum atomic E-state index is 0.0745. The Morgan fingerprint density at radius 1 is 1.03 bits per heavy atom. The van der Waals surface area contributed by atoms with Crippen LogP contribution in [0.4, 0.5) is 11.4 Å². The molecule has 5 heterocycles. The summed E-state index contributed by atoms with van der Waals surface area (Å²) in [5.41, 5.74) is 8.02. The Labute approximate surface area is 220 Å². The molecular weight excluding hydrogens is 476 g/mol. The van der Waals surface area contributed by atoms with E-state index < -0.39 is 0 Å². The van der Waals surface area contributed by atoms with E-state index in [1.807, 2.05) is 18.2 Å². The van der Waals surface area contributed by atoms with Crippen LogP contribution in [0.25, 0.3) is 44.6 Å². The summed E-state index contributed by atoms with van der Waals surface area (Å²) in [6, 6.07) is 14.5. The molecule has 1 saturated carbocycles. The standard InChI is InChI=1S/C29H30N8O/c1-36-10-12-37(13-11-36)26-7-3-6-23-21(26)15-25(32-23)28-27-24(34-35-28)9-8-22(33-27)19-14-20(17-30-16-19)31-29(38)18-4-2-5-18/h3,6-9,14-18,32H,2,4-5,10-13H2,1H3,(H,31,38)(H,34,35). The van der Waals surface area contributed by atoms with Gasteiger partial charge < -0.3 is 20.1 Å². The molecule has 2 fully saturated rings. The van der Waals surface area contributed by atoms with Crippen LogP contribution in [0.1, 0.15) is 19.3 Å². The topological polar surface area (TPSA) is 106 Å². The molecule has 38 heavy (non-hydrogen) atoms. The number of benzene rings is 1. The summed E-state index contributed by atoms with van der Waals surface area (Å²) in [6.45, 7) is 4.15. The molecule has 4 aromatic heterocycles. The minimum absolute atomic E-state index is 0.0745. The normalized spacial score (nSPS) is 16.7. The first-order valence-electron chi connectivity index (χ1n) is 13.3. The van der Waals surface area contributed by atoms with Gasteiger partial charge in [-0.2, -0.15) is 5.10 Å². The second-order valence-corrected chi connectivity index (χ2v) is 10.5. The number of likely N-dealkylation sites (N-methyl/N-ethyl adjacent to an activating group) is 1. The van der Waals surface area contributed by atoms with Crippen molar-refractivity contribution in [1.82, 2.24) is 30.0 Å². The lowest BCUT2D eigenvalue weighted by Gasteiger charge is -2.34. The molecule has 9 nitrogen and oxygen atoms in total. The lowest BCUT2D eigenvalue weighted by Crippen LogP contribution is -2.44. The van der Waals surface area contributed by atoms with E-state index in [9.17, 15) is 4.79 Å². The SMILES string of the molecule is CN1CCN(c2cccc3[nH]c(-c4n[nH]c5ccc(-c6cncc(NC(=O)C7CCC7)c6)nc45)cc23)CC1. The van der Waals surface area contributed by atoms with Gasteiger partial charge in [-0.15, -0.1) is 0 Å². The fraction of sp³-hybridized carbons (Fsp3) is 0.310. The lowest BCUT2D eigenvalue weighted by molar-refractivity contribution is -0.122. The number of aromatic amines is 2. The van der Waals surface area contributed by atoms with E-state index in [2.05, 4.69) is 66.6 Å². The first-order chi connectivity index (χ1) is 18.6. The Balaban J connectivity index is 1.22. The quantitative estimate of drug-likeness (QED) is 0.320. The number of amides is 1. The van der Waals surface area contributed by atoms with Crippen LogP contribution >= 0.6 is 0 Å².